The Morgan fingerprint density at radius 3 is 2.46 bits per heavy atom. The van der Waals surface area contributed by atoms with Crippen LogP contribution in [-0.4, -0.2) is 10.5 Å². The van der Waals surface area contributed by atoms with Gasteiger partial charge in [0.05, 0.1) is 0 Å². The van der Waals surface area contributed by atoms with Crippen molar-refractivity contribution in [1.82, 2.24) is 4.57 Å². The van der Waals surface area contributed by atoms with E-state index in [1.54, 1.807) is 6.08 Å². The van der Waals surface area contributed by atoms with Gasteiger partial charge in [0.2, 0.25) is 0 Å². The van der Waals surface area contributed by atoms with Gasteiger partial charge in [-0.3, -0.25) is 4.79 Å². The number of rotatable bonds is 4. The highest BCUT2D eigenvalue weighted by atomic mass is 16.1. The van der Waals surface area contributed by atoms with E-state index in [2.05, 4.69) is 28.9 Å². The maximum atomic E-state index is 12.6. The number of carbonyl (C=O) groups excluding carboxylic acids is 1. The van der Waals surface area contributed by atoms with Gasteiger partial charge >= 0.3 is 0 Å². The molecule has 1 aromatic heterocycles. The normalized spacial score (nSPS) is 11.2. The molecule has 0 atom stereocenters. The number of nitrogens with one attached hydrogen (secondary N) is 1. The molecular weight excluding hydrogens is 346 g/mol. The molecule has 0 aliphatic heterocycles. The number of aromatic nitrogens is 1. The lowest BCUT2D eigenvalue weighted by atomic mass is 10.1. The minimum atomic E-state index is -0.409. The van der Waals surface area contributed by atoms with Gasteiger partial charge in [-0.25, -0.2) is 0 Å². The Hall–Kier alpha value is -3.58. The number of nitrogens with zero attached hydrogens (tertiary/aromatic N) is 2. The van der Waals surface area contributed by atoms with E-state index in [1.807, 2.05) is 69.3 Å². The highest BCUT2D eigenvalue weighted by Crippen LogP contribution is 2.25. The number of benzene rings is 2. The molecule has 4 heteroatoms. The van der Waals surface area contributed by atoms with Gasteiger partial charge < -0.3 is 9.88 Å². The van der Waals surface area contributed by atoms with Gasteiger partial charge in [0, 0.05) is 22.8 Å². The Balaban J connectivity index is 1.95. The predicted octanol–water partition coefficient (Wildman–Crippen LogP) is 5.26. The van der Waals surface area contributed by atoms with Crippen molar-refractivity contribution in [3.63, 3.8) is 0 Å². The number of amides is 1. The molecule has 1 amide bonds. The number of carbonyl (C=O) groups is 1. The van der Waals surface area contributed by atoms with Crippen molar-refractivity contribution in [3.05, 3.63) is 88.2 Å². The summed E-state index contributed by atoms with van der Waals surface area (Å²) in [6.45, 7) is 8.05. The molecule has 0 saturated carbocycles. The first-order chi connectivity index (χ1) is 13.4. The molecule has 4 nitrogen and oxygen atoms in total. The van der Waals surface area contributed by atoms with Crippen LogP contribution in [0.5, 0.6) is 0 Å². The van der Waals surface area contributed by atoms with E-state index in [1.165, 1.54) is 0 Å². The smallest absolute Gasteiger partial charge is 0.266 e. The molecule has 0 aliphatic rings. The number of aryl methyl sites for hydroxylation is 3. The first-order valence-electron chi connectivity index (χ1n) is 9.15. The number of nitriles is 1. The van der Waals surface area contributed by atoms with E-state index < -0.39 is 5.91 Å². The summed E-state index contributed by atoms with van der Waals surface area (Å²) in [7, 11) is 0. The van der Waals surface area contributed by atoms with Crippen molar-refractivity contribution in [2.24, 2.45) is 0 Å². The fourth-order valence-corrected chi connectivity index (χ4v) is 3.34. The molecule has 3 rings (SSSR count). The fraction of sp³-hybridized carbons (Fsp3) is 0.167. The van der Waals surface area contributed by atoms with E-state index in [-0.39, 0.29) is 5.57 Å². The van der Waals surface area contributed by atoms with Crippen LogP contribution in [0.1, 0.15) is 28.1 Å². The van der Waals surface area contributed by atoms with Crippen LogP contribution in [-0.2, 0) is 4.79 Å². The van der Waals surface area contributed by atoms with Crippen molar-refractivity contribution in [2.75, 3.05) is 5.32 Å². The molecule has 0 spiro atoms. The summed E-state index contributed by atoms with van der Waals surface area (Å²) in [6, 6.07) is 19.7. The number of anilines is 1. The summed E-state index contributed by atoms with van der Waals surface area (Å²) < 4.78 is 2.15. The zero-order valence-corrected chi connectivity index (χ0v) is 16.6. The number of hydrogen-bond donors (Lipinski definition) is 1. The van der Waals surface area contributed by atoms with E-state index in [0.29, 0.717) is 5.69 Å². The quantitative estimate of drug-likeness (QED) is 0.504. The van der Waals surface area contributed by atoms with Crippen LogP contribution >= 0.6 is 0 Å². The Morgan fingerprint density at radius 2 is 1.79 bits per heavy atom. The van der Waals surface area contributed by atoms with Gasteiger partial charge in [0.25, 0.3) is 5.91 Å². The molecule has 0 saturated heterocycles. The van der Waals surface area contributed by atoms with E-state index >= 15 is 0 Å². The molecule has 0 bridgehead atoms. The Kier molecular flexibility index (Phi) is 5.47. The summed E-state index contributed by atoms with van der Waals surface area (Å²) in [4.78, 5) is 12.6. The zero-order chi connectivity index (χ0) is 20.3. The van der Waals surface area contributed by atoms with Crippen LogP contribution in [0, 0.1) is 39.0 Å². The van der Waals surface area contributed by atoms with Gasteiger partial charge in [0.15, 0.2) is 0 Å². The third-order valence-electron chi connectivity index (χ3n) is 4.77. The second-order valence-electron chi connectivity index (χ2n) is 6.94. The summed E-state index contributed by atoms with van der Waals surface area (Å²) in [6.07, 6.45) is 1.65. The van der Waals surface area contributed by atoms with E-state index in [0.717, 1.165) is 33.8 Å². The molecule has 28 heavy (non-hydrogen) atoms. The van der Waals surface area contributed by atoms with Gasteiger partial charge in [-0.15, -0.1) is 0 Å². The average Bonchev–Trinajstić information content (AvgIpc) is 2.93. The Labute approximate surface area is 165 Å². The minimum Gasteiger partial charge on any atom is -0.321 e. The van der Waals surface area contributed by atoms with E-state index in [4.69, 9.17) is 0 Å². The van der Waals surface area contributed by atoms with Crippen molar-refractivity contribution >= 4 is 17.7 Å². The van der Waals surface area contributed by atoms with Crippen LogP contribution in [0.15, 0.2) is 60.2 Å². The lowest BCUT2D eigenvalue weighted by molar-refractivity contribution is -0.112. The predicted molar refractivity (Wildman–Crippen MR) is 113 cm³/mol. The lowest BCUT2D eigenvalue weighted by Gasteiger charge is -2.12. The number of para-hydroxylation sites is 1. The largest absolute Gasteiger partial charge is 0.321 e. The summed E-state index contributed by atoms with van der Waals surface area (Å²) in [5.41, 5.74) is 6.96. The monoisotopic (exact) mass is 369 g/mol. The Morgan fingerprint density at radius 1 is 1.04 bits per heavy atom. The molecule has 0 unspecified atom stereocenters. The van der Waals surface area contributed by atoms with Crippen molar-refractivity contribution in [2.45, 2.75) is 27.7 Å². The summed E-state index contributed by atoms with van der Waals surface area (Å²) in [5.74, 6) is -0.409. The van der Waals surface area contributed by atoms with Crippen molar-refractivity contribution in [3.8, 4) is 11.8 Å². The van der Waals surface area contributed by atoms with Crippen molar-refractivity contribution < 1.29 is 4.79 Å². The maximum Gasteiger partial charge on any atom is 0.266 e. The molecule has 1 heterocycles. The average molecular weight is 369 g/mol. The first kappa shape index (κ1) is 19.2. The van der Waals surface area contributed by atoms with Gasteiger partial charge in [-0.05, 0) is 74.7 Å². The van der Waals surface area contributed by atoms with Gasteiger partial charge in [-0.2, -0.15) is 5.26 Å². The van der Waals surface area contributed by atoms with Crippen LogP contribution in [0.3, 0.4) is 0 Å². The highest BCUT2D eigenvalue weighted by molar-refractivity contribution is 6.09. The minimum absolute atomic E-state index is 0.0755. The highest BCUT2D eigenvalue weighted by Gasteiger charge is 2.14. The summed E-state index contributed by atoms with van der Waals surface area (Å²) >= 11 is 0. The van der Waals surface area contributed by atoms with Crippen LogP contribution in [0.4, 0.5) is 5.69 Å². The molecule has 140 valence electrons. The molecule has 0 fully saturated rings. The molecule has 0 radical (unpaired) electrons. The molecule has 0 aliphatic carbocycles. The third-order valence-corrected chi connectivity index (χ3v) is 4.77. The summed E-state index contributed by atoms with van der Waals surface area (Å²) in [5, 5.41) is 12.3. The second kappa shape index (κ2) is 7.98. The van der Waals surface area contributed by atoms with Crippen LogP contribution < -0.4 is 5.32 Å². The van der Waals surface area contributed by atoms with Crippen LogP contribution in [0.25, 0.3) is 11.8 Å². The zero-order valence-electron chi connectivity index (χ0n) is 16.6. The molecular formula is C24H23N3O. The second-order valence-corrected chi connectivity index (χ2v) is 6.94. The first-order valence-corrected chi connectivity index (χ1v) is 9.15. The Bertz CT molecular complexity index is 1110. The standard InChI is InChI=1S/C24H23N3O/c1-16-8-7-10-22(12-16)26-24(28)21(15-25)14-20-13-18(3)27(19(20)4)23-11-6-5-9-17(23)2/h5-14H,1-4H3,(H,26,28)/b21-14-. The van der Waals surface area contributed by atoms with Crippen molar-refractivity contribution in [1.29, 1.82) is 5.26 Å². The molecule has 3 aromatic rings. The number of hydrogen-bond acceptors (Lipinski definition) is 2. The van der Waals surface area contributed by atoms with E-state index in [9.17, 15) is 10.1 Å². The maximum absolute atomic E-state index is 12.6. The van der Waals surface area contributed by atoms with Gasteiger partial charge in [-0.1, -0.05) is 30.3 Å². The SMILES string of the molecule is Cc1cccc(NC(=O)/C(C#N)=C\c2cc(C)n(-c3ccccc3C)c2C)c1. The molecule has 2 aromatic carbocycles. The lowest BCUT2D eigenvalue weighted by Crippen LogP contribution is -2.13. The fourth-order valence-electron chi connectivity index (χ4n) is 3.34. The van der Waals surface area contributed by atoms with Gasteiger partial charge in [0.1, 0.15) is 11.6 Å². The van der Waals surface area contributed by atoms with Crippen LogP contribution in [0.2, 0.25) is 0 Å². The molecule has 1 N–H and O–H groups in total. The topological polar surface area (TPSA) is 57.8 Å². The third kappa shape index (κ3) is 3.89.